The lowest BCUT2D eigenvalue weighted by molar-refractivity contribution is 0.975. The van der Waals surface area contributed by atoms with Crippen molar-refractivity contribution in [3.05, 3.63) is 59.2 Å². The zero-order valence-corrected chi connectivity index (χ0v) is 9.46. The number of anilines is 2. The Balaban J connectivity index is 2.08. The Morgan fingerprint density at radius 2 is 1.62 bits per heavy atom. The lowest BCUT2D eigenvalue weighted by atomic mass is 10.0. The predicted octanol–water partition coefficient (Wildman–Crippen LogP) is 3.84. The minimum atomic E-state index is 1.12. The van der Waals surface area contributed by atoms with E-state index in [-0.39, 0.29) is 0 Å². The molecule has 0 atom stereocenters. The predicted molar refractivity (Wildman–Crippen MR) is 68.3 cm³/mol. The van der Waals surface area contributed by atoms with Crippen LogP contribution in [-0.2, 0) is 12.8 Å². The molecular weight excluding hydrogens is 194 g/mol. The van der Waals surface area contributed by atoms with Gasteiger partial charge in [0.2, 0.25) is 0 Å². The summed E-state index contributed by atoms with van der Waals surface area (Å²) in [5, 5.41) is 3.53. The van der Waals surface area contributed by atoms with Crippen LogP contribution in [0.4, 0.5) is 11.4 Å². The first-order chi connectivity index (χ1) is 7.83. The topological polar surface area (TPSA) is 12.0 Å². The van der Waals surface area contributed by atoms with Gasteiger partial charge in [-0.05, 0) is 43.0 Å². The smallest absolute Gasteiger partial charge is 0.0417 e. The molecule has 0 saturated carbocycles. The molecule has 0 aliphatic carbocycles. The zero-order chi connectivity index (χ0) is 11.0. The third kappa shape index (κ3) is 1.58. The summed E-state index contributed by atoms with van der Waals surface area (Å²) in [6.07, 6.45) is 2.25. The van der Waals surface area contributed by atoms with Gasteiger partial charge < -0.3 is 5.32 Å². The van der Waals surface area contributed by atoms with Crippen LogP contribution in [0.2, 0.25) is 0 Å². The monoisotopic (exact) mass is 209 g/mol. The maximum absolute atomic E-state index is 3.53. The molecule has 1 heteroatoms. The van der Waals surface area contributed by atoms with E-state index in [1.165, 1.54) is 28.1 Å². The van der Waals surface area contributed by atoms with Gasteiger partial charge in [0.25, 0.3) is 0 Å². The molecule has 2 aromatic rings. The Bertz CT molecular complexity index is 529. The summed E-state index contributed by atoms with van der Waals surface area (Å²) in [6.45, 7) is 2.15. The van der Waals surface area contributed by atoms with E-state index >= 15 is 0 Å². The molecule has 16 heavy (non-hydrogen) atoms. The number of para-hydroxylation sites is 1. The molecule has 0 unspecified atom stereocenters. The van der Waals surface area contributed by atoms with Crippen molar-refractivity contribution in [2.75, 3.05) is 5.32 Å². The molecule has 0 amide bonds. The molecule has 0 saturated heterocycles. The number of nitrogens with one attached hydrogen (secondary N) is 1. The molecule has 80 valence electrons. The Hall–Kier alpha value is -1.76. The van der Waals surface area contributed by atoms with Crippen LogP contribution in [0.25, 0.3) is 0 Å². The third-order valence-corrected chi connectivity index (χ3v) is 3.21. The van der Waals surface area contributed by atoms with E-state index < -0.39 is 0 Å². The van der Waals surface area contributed by atoms with Crippen molar-refractivity contribution in [2.45, 2.75) is 19.8 Å². The third-order valence-electron chi connectivity index (χ3n) is 3.21. The van der Waals surface area contributed by atoms with Crippen molar-refractivity contribution in [2.24, 2.45) is 0 Å². The van der Waals surface area contributed by atoms with E-state index in [1.54, 1.807) is 0 Å². The standard InChI is InChI=1S/C15H15N/c1-11-6-9-15-13(10-11)8-7-12-4-2-3-5-14(12)16-15/h2-6,9-10,16H,7-8H2,1H3. The van der Waals surface area contributed by atoms with Crippen LogP contribution in [0.5, 0.6) is 0 Å². The molecule has 0 fully saturated rings. The van der Waals surface area contributed by atoms with Gasteiger partial charge in [0, 0.05) is 11.4 Å². The number of hydrogen-bond donors (Lipinski definition) is 1. The molecule has 3 rings (SSSR count). The summed E-state index contributed by atoms with van der Waals surface area (Å²) < 4.78 is 0. The van der Waals surface area contributed by atoms with E-state index in [9.17, 15) is 0 Å². The fourth-order valence-corrected chi connectivity index (χ4v) is 2.33. The van der Waals surface area contributed by atoms with Gasteiger partial charge in [-0.1, -0.05) is 35.9 Å². The fraction of sp³-hybridized carbons (Fsp3) is 0.200. The average molecular weight is 209 g/mol. The van der Waals surface area contributed by atoms with E-state index in [0.717, 1.165) is 12.8 Å². The molecular formula is C15H15N. The van der Waals surface area contributed by atoms with Gasteiger partial charge in [-0.3, -0.25) is 0 Å². The minimum Gasteiger partial charge on any atom is -0.355 e. The molecule has 0 spiro atoms. The summed E-state index contributed by atoms with van der Waals surface area (Å²) in [4.78, 5) is 0. The summed E-state index contributed by atoms with van der Waals surface area (Å²) in [5.41, 5.74) is 6.69. The van der Waals surface area contributed by atoms with Gasteiger partial charge in [0.05, 0.1) is 0 Å². The lowest BCUT2D eigenvalue weighted by Gasteiger charge is -2.09. The van der Waals surface area contributed by atoms with Crippen molar-refractivity contribution in [3.8, 4) is 0 Å². The van der Waals surface area contributed by atoms with E-state index in [0.29, 0.717) is 0 Å². The highest BCUT2D eigenvalue weighted by molar-refractivity contribution is 5.68. The second-order valence-corrected chi connectivity index (χ2v) is 4.44. The van der Waals surface area contributed by atoms with E-state index in [2.05, 4.69) is 54.7 Å². The van der Waals surface area contributed by atoms with Crippen LogP contribution < -0.4 is 5.32 Å². The first-order valence-electron chi connectivity index (χ1n) is 5.77. The van der Waals surface area contributed by atoms with Crippen LogP contribution >= 0.6 is 0 Å². The highest BCUT2D eigenvalue weighted by Crippen LogP contribution is 2.30. The molecule has 0 aromatic heterocycles. The summed E-state index contributed by atoms with van der Waals surface area (Å²) >= 11 is 0. The van der Waals surface area contributed by atoms with Crippen LogP contribution in [0.15, 0.2) is 42.5 Å². The molecule has 1 nitrogen and oxygen atoms in total. The van der Waals surface area contributed by atoms with Crippen LogP contribution in [0.1, 0.15) is 16.7 Å². The van der Waals surface area contributed by atoms with Crippen LogP contribution in [0.3, 0.4) is 0 Å². The highest BCUT2D eigenvalue weighted by atomic mass is 14.9. The number of rotatable bonds is 0. The quantitative estimate of drug-likeness (QED) is 0.695. The largest absolute Gasteiger partial charge is 0.355 e. The number of benzene rings is 2. The summed E-state index contributed by atoms with van der Waals surface area (Å²) in [5.74, 6) is 0. The van der Waals surface area contributed by atoms with Crippen molar-refractivity contribution < 1.29 is 0 Å². The molecule has 1 heterocycles. The van der Waals surface area contributed by atoms with E-state index in [1.807, 2.05) is 0 Å². The lowest BCUT2D eigenvalue weighted by Crippen LogP contribution is -1.93. The first-order valence-corrected chi connectivity index (χ1v) is 5.77. The zero-order valence-electron chi connectivity index (χ0n) is 9.46. The normalized spacial score (nSPS) is 13.3. The fourth-order valence-electron chi connectivity index (χ4n) is 2.33. The second-order valence-electron chi connectivity index (χ2n) is 4.44. The Labute approximate surface area is 96.1 Å². The molecule has 1 N–H and O–H groups in total. The maximum atomic E-state index is 3.53. The molecule has 1 aliphatic heterocycles. The number of aryl methyl sites for hydroxylation is 3. The van der Waals surface area contributed by atoms with Crippen molar-refractivity contribution >= 4 is 11.4 Å². The van der Waals surface area contributed by atoms with Gasteiger partial charge in [0.15, 0.2) is 0 Å². The minimum absolute atomic E-state index is 1.12. The maximum Gasteiger partial charge on any atom is 0.0417 e. The van der Waals surface area contributed by atoms with Crippen LogP contribution in [-0.4, -0.2) is 0 Å². The number of fused-ring (bicyclic) bond motifs is 2. The summed E-state index contributed by atoms with van der Waals surface area (Å²) in [6, 6.07) is 15.2. The van der Waals surface area contributed by atoms with Crippen molar-refractivity contribution in [3.63, 3.8) is 0 Å². The Morgan fingerprint density at radius 3 is 2.56 bits per heavy atom. The second kappa shape index (κ2) is 3.67. The van der Waals surface area contributed by atoms with Gasteiger partial charge in [-0.2, -0.15) is 0 Å². The van der Waals surface area contributed by atoms with Crippen molar-refractivity contribution in [1.82, 2.24) is 0 Å². The Morgan fingerprint density at radius 1 is 0.875 bits per heavy atom. The van der Waals surface area contributed by atoms with E-state index in [4.69, 9.17) is 0 Å². The summed E-state index contributed by atoms with van der Waals surface area (Å²) in [7, 11) is 0. The Kier molecular flexibility index (Phi) is 2.17. The first kappa shape index (κ1) is 9.46. The molecule has 2 aromatic carbocycles. The average Bonchev–Trinajstić information content (AvgIpc) is 2.48. The SMILES string of the molecule is Cc1ccc2c(c1)CCc1ccccc1N2. The molecule has 0 bridgehead atoms. The van der Waals surface area contributed by atoms with Gasteiger partial charge in [-0.25, -0.2) is 0 Å². The highest BCUT2D eigenvalue weighted by Gasteiger charge is 2.11. The van der Waals surface area contributed by atoms with Crippen molar-refractivity contribution in [1.29, 1.82) is 0 Å². The molecule has 1 aliphatic rings. The van der Waals surface area contributed by atoms with Gasteiger partial charge >= 0.3 is 0 Å². The van der Waals surface area contributed by atoms with Crippen LogP contribution in [0, 0.1) is 6.92 Å². The molecule has 0 radical (unpaired) electrons. The number of hydrogen-bond acceptors (Lipinski definition) is 1. The van der Waals surface area contributed by atoms with Gasteiger partial charge in [0.1, 0.15) is 0 Å². The van der Waals surface area contributed by atoms with Gasteiger partial charge in [-0.15, -0.1) is 0 Å².